The molecule has 0 aliphatic heterocycles. The van der Waals surface area contributed by atoms with Crippen LogP contribution in [0.1, 0.15) is 29.8 Å². The highest BCUT2D eigenvalue weighted by molar-refractivity contribution is 6.30. The second-order valence-corrected chi connectivity index (χ2v) is 6.61. The van der Waals surface area contributed by atoms with E-state index in [4.69, 9.17) is 11.6 Å². The number of nitrogens with zero attached hydrogens (tertiary/aromatic N) is 3. The van der Waals surface area contributed by atoms with E-state index in [1.165, 1.54) is 0 Å². The maximum Gasteiger partial charge on any atom is 0.253 e. The molecule has 3 rings (SSSR count). The monoisotopic (exact) mass is 382 g/mol. The molecule has 0 radical (unpaired) electrons. The van der Waals surface area contributed by atoms with Crippen LogP contribution in [0.2, 0.25) is 5.02 Å². The highest BCUT2D eigenvalue weighted by Crippen LogP contribution is 2.15. The molecule has 0 aliphatic rings. The van der Waals surface area contributed by atoms with Gasteiger partial charge in [0.1, 0.15) is 0 Å². The van der Waals surface area contributed by atoms with E-state index >= 15 is 0 Å². The topological polar surface area (TPSA) is 50.2 Å². The smallest absolute Gasteiger partial charge is 0.253 e. The number of aromatic nitrogens is 2. The van der Waals surface area contributed by atoms with E-state index in [9.17, 15) is 4.79 Å². The van der Waals surface area contributed by atoms with Gasteiger partial charge in [0, 0.05) is 47.7 Å². The fraction of sp³-hybridized carbons (Fsp3) is 0.238. The van der Waals surface area contributed by atoms with Crippen LogP contribution in [-0.4, -0.2) is 33.7 Å². The van der Waals surface area contributed by atoms with Gasteiger partial charge in [-0.25, -0.2) is 4.68 Å². The zero-order valence-electron chi connectivity index (χ0n) is 15.5. The van der Waals surface area contributed by atoms with E-state index in [2.05, 4.69) is 10.4 Å². The third-order valence-corrected chi connectivity index (χ3v) is 4.66. The molecule has 27 heavy (non-hydrogen) atoms. The maximum absolute atomic E-state index is 12.3. The molecule has 0 atom stereocenters. The highest BCUT2D eigenvalue weighted by Gasteiger charge is 2.11. The molecule has 140 valence electrons. The van der Waals surface area contributed by atoms with Gasteiger partial charge in [-0.15, -0.1) is 0 Å². The van der Waals surface area contributed by atoms with Gasteiger partial charge in [-0.3, -0.25) is 4.79 Å². The molecule has 5 nitrogen and oxygen atoms in total. The highest BCUT2D eigenvalue weighted by atomic mass is 35.5. The van der Waals surface area contributed by atoms with Gasteiger partial charge < -0.3 is 10.2 Å². The van der Waals surface area contributed by atoms with Crippen LogP contribution < -0.4 is 5.32 Å². The lowest BCUT2D eigenvalue weighted by Gasteiger charge is -2.18. The first kappa shape index (κ1) is 19.0. The van der Waals surface area contributed by atoms with Crippen molar-refractivity contribution >= 4 is 23.2 Å². The quantitative estimate of drug-likeness (QED) is 0.648. The molecule has 0 spiro atoms. The number of amides is 1. The van der Waals surface area contributed by atoms with Gasteiger partial charge in [0.2, 0.25) is 0 Å². The van der Waals surface area contributed by atoms with Crippen LogP contribution in [0.15, 0.2) is 60.9 Å². The fourth-order valence-corrected chi connectivity index (χ4v) is 2.94. The summed E-state index contributed by atoms with van der Waals surface area (Å²) >= 11 is 5.92. The van der Waals surface area contributed by atoms with E-state index in [0.29, 0.717) is 30.2 Å². The van der Waals surface area contributed by atoms with Crippen molar-refractivity contribution in [1.82, 2.24) is 14.7 Å². The van der Waals surface area contributed by atoms with Gasteiger partial charge >= 0.3 is 0 Å². The average molecular weight is 383 g/mol. The summed E-state index contributed by atoms with van der Waals surface area (Å²) in [7, 11) is 0. The van der Waals surface area contributed by atoms with Crippen molar-refractivity contribution in [1.29, 1.82) is 0 Å². The molecule has 0 aliphatic carbocycles. The molecule has 0 saturated carbocycles. The summed E-state index contributed by atoms with van der Waals surface area (Å²) in [5.41, 5.74) is 3.70. The first-order valence-electron chi connectivity index (χ1n) is 9.03. The van der Waals surface area contributed by atoms with Gasteiger partial charge in [-0.05, 0) is 62.4 Å². The number of carbonyl (C=O) groups excluding carboxylic acids is 1. The molecule has 3 aromatic rings. The molecule has 6 heteroatoms. The molecular formula is C21H23ClN4O. The number of rotatable bonds is 7. The second kappa shape index (κ2) is 8.73. The summed E-state index contributed by atoms with van der Waals surface area (Å²) in [6.07, 6.45) is 3.81. The lowest BCUT2D eigenvalue weighted by Crippen LogP contribution is -2.30. The van der Waals surface area contributed by atoms with Crippen LogP contribution in [0.4, 0.5) is 5.69 Å². The molecule has 0 saturated heterocycles. The van der Waals surface area contributed by atoms with Gasteiger partial charge in [-0.1, -0.05) is 11.6 Å². The zero-order chi connectivity index (χ0) is 19.2. The Labute approximate surface area is 164 Å². The first-order chi connectivity index (χ1) is 13.1. The standard InChI is InChI=1S/C21H23ClN4O/c1-3-25(4-2)21(27)17-5-9-19(10-6-17)23-13-16-14-24-26(15-16)20-11-7-18(22)8-12-20/h5-12,14-15,23H,3-4,13H2,1-2H3. The minimum absolute atomic E-state index is 0.0655. The molecule has 1 amide bonds. The van der Waals surface area contributed by atoms with Gasteiger partial charge in [0.15, 0.2) is 0 Å². The van der Waals surface area contributed by atoms with Crippen LogP contribution in [0.3, 0.4) is 0 Å². The van der Waals surface area contributed by atoms with Crippen LogP contribution in [0, 0.1) is 0 Å². The van der Waals surface area contributed by atoms with E-state index in [-0.39, 0.29) is 5.91 Å². The maximum atomic E-state index is 12.3. The second-order valence-electron chi connectivity index (χ2n) is 6.18. The molecule has 2 aromatic carbocycles. The molecule has 0 unspecified atom stereocenters. The summed E-state index contributed by atoms with van der Waals surface area (Å²) in [6.45, 7) is 6.06. The Bertz CT molecular complexity index is 883. The van der Waals surface area contributed by atoms with E-state index in [0.717, 1.165) is 16.9 Å². The summed E-state index contributed by atoms with van der Waals surface area (Å²) in [5, 5.41) is 8.45. The summed E-state index contributed by atoms with van der Waals surface area (Å²) in [6, 6.07) is 15.1. The lowest BCUT2D eigenvalue weighted by atomic mass is 10.1. The number of hydrogen-bond donors (Lipinski definition) is 1. The van der Waals surface area contributed by atoms with Crippen LogP contribution in [0.5, 0.6) is 0 Å². The van der Waals surface area contributed by atoms with Crippen molar-refractivity contribution in [3.63, 3.8) is 0 Å². The molecule has 1 aromatic heterocycles. The number of hydrogen-bond acceptors (Lipinski definition) is 3. The van der Waals surface area contributed by atoms with Crippen molar-refractivity contribution < 1.29 is 4.79 Å². The predicted octanol–water partition coefficient (Wildman–Crippen LogP) is 4.62. The third kappa shape index (κ3) is 4.68. The summed E-state index contributed by atoms with van der Waals surface area (Å²) in [5.74, 6) is 0.0655. The molecule has 0 bridgehead atoms. The molecule has 0 fully saturated rings. The van der Waals surface area contributed by atoms with Crippen LogP contribution >= 0.6 is 11.6 Å². The van der Waals surface area contributed by atoms with Crippen molar-refractivity contribution in [3.8, 4) is 5.69 Å². The Morgan fingerprint density at radius 3 is 2.37 bits per heavy atom. The van der Waals surface area contributed by atoms with Crippen molar-refractivity contribution in [2.75, 3.05) is 18.4 Å². The molecule has 1 heterocycles. The lowest BCUT2D eigenvalue weighted by molar-refractivity contribution is 0.0773. The van der Waals surface area contributed by atoms with Crippen LogP contribution in [0.25, 0.3) is 5.69 Å². The van der Waals surface area contributed by atoms with Gasteiger partial charge in [0.25, 0.3) is 5.91 Å². The normalized spacial score (nSPS) is 10.6. The number of benzene rings is 2. The Morgan fingerprint density at radius 1 is 1.07 bits per heavy atom. The SMILES string of the molecule is CCN(CC)C(=O)c1ccc(NCc2cnn(-c3ccc(Cl)cc3)c2)cc1. The first-order valence-corrected chi connectivity index (χ1v) is 9.41. The van der Waals surface area contributed by atoms with E-state index < -0.39 is 0 Å². The number of nitrogens with one attached hydrogen (secondary N) is 1. The van der Waals surface area contributed by atoms with Gasteiger partial charge in [-0.2, -0.15) is 5.10 Å². The van der Waals surface area contributed by atoms with Crippen molar-refractivity contribution in [2.24, 2.45) is 0 Å². The minimum Gasteiger partial charge on any atom is -0.381 e. The Morgan fingerprint density at radius 2 is 1.74 bits per heavy atom. The molecular weight excluding hydrogens is 360 g/mol. The largest absolute Gasteiger partial charge is 0.381 e. The van der Waals surface area contributed by atoms with Crippen molar-refractivity contribution in [2.45, 2.75) is 20.4 Å². The summed E-state index contributed by atoms with van der Waals surface area (Å²) in [4.78, 5) is 14.2. The number of halogens is 1. The van der Waals surface area contributed by atoms with Crippen LogP contribution in [-0.2, 0) is 6.54 Å². The Balaban J connectivity index is 1.60. The zero-order valence-corrected chi connectivity index (χ0v) is 16.3. The predicted molar refractivity (Wildman–Crippen MR) is 110 cm³/mol. The Kier molecular flexibility index (Phi) is 6.14. The van der Waals surface area contributed by atoms with E-state index in [1.54, 1.807) is 0 Å². The average Bonchev–Trinajstić information content (AvgIpc) is 3.17. The van der Waals surface area contributed by atoms with Crippen molar-refractivity contribution in [3.05, 3.63) is 77.1 Å². The number of carbonyl (C=O) groups is 1. The fourth-order valence-electron chi connectivity index (χ4n) is 2.81. The number of anilines is 1. The Hall–Kier alpha value is -2.79. The summed E-state index contributed by atoms with van der Waals surface area (Å²) < 4.78 is 1.82. The third-order valence-electron chi connectivity index (χ3n) is 4.41. The van der Waals surface area contributed by atoms with E-state index in [1.807, 2.05) is 84.4 Å². The van der Waals surface area contributed by atoms with Gasteiger partial charge in [0.05, 0.1) is 11.9 Å². The molecule has 1 N–H and O–H groups in total. The minimum atomic E-state index is 0.0655.